The zero-order valence-corrected chi connectivity index (χ0v) is 11.1. The summed E-state index contributed by atoms with van der Waals surface area (Å²) in [5, 5.41) is 8.76. The molecule has 1 atom stereocenters. The first-order valence-corrected chi connectivity index (χ1v) is 6.36. The number of carbonyl (C=O) groups is 2. The first-order valence-electron chi connectivity index (χ1n) is 6.36. The molecule has 0 bridgehead atoms. The Kier molecular flexibility index (Phi) is 9.43. The van der Waals surface area contributed by atoms with Crippen LogP contribution in [0.15, 0.2) is 0 Å². The Balaban J connectivity index is 3.49. The van der Waals surface area contributed by atoms with Gasteiger partial charge in [-0.15, -0.1) is 0 Å². The van der Waals surface area contributed by atoms with Crippen molar-refractivity contribution in [1.82, 2.24) is 16.0 Å². The Morgan fingerprint density at radius 1 is 1.00 bits per heavy atom. The van der Waals surface area contributed by atoms with Crippen LogP contribution in [-0.2, 0) is 9.59 Å². The molecule has 0 spiro atoms. The summed E-state index contributed by atoms with van der Waals surface area (Å²) in [6.45, 7) is 8.11. The zero-order valence-electron chi connectivity index (χ0n) is 11.1. The molecule has 0 aromatic carbocycles. The standard InChI is InChI=1S/C12H25N3O2/c1-4-13-10(3)9-15-12(17)8-6-7-11(16)14-5-2/h10,13H,4-9H2,1-3H3,(H,14,16)(H,15,17)/t10-/m1/s1. The van der Waals surface area contributed by atoms with Crippen molar-refractivity contribution < 1.29 is 9.59 Å². The van der Waals surface area contributed by atoms with Crippen LogP contribution in [-0.4, -0.2) is 37.5 Å². The molecule has 17 heavy (non-hydrogen) atoms. The molecule has 0 radical (unpaired) electrons. The molecular formula is C12H25N3O2. The van der Waals surface area contributed by atoms with Crippen molar-refractivity contribution in [2.45, 2.75) is 46.1 Å². The fourth-order valence-electron chi connectivity index (χ4n) is 1.47. The third-order valence-electron chi connectivity index (χ3n) is 2.34. The molecule has 0 aromatic heterocycles. The van der Waals surface area contributed by atoms with Crippen molar-refractivity contribution in [3.05, 3.63) is 0 Å². The van der Waals surface area contributed by atoms with Gasteiger partial charge in [-0.05, 0) is 26.8 Å². The van der Waals surface area contributed by atoms with E-state index in [1.54, 1.807) is 0 Å². The van der Waals surface area contributed by atoms with Crippen LogP contribution in [0.25, 0.3) is 0 Å². The Labute approximate surface area is 104 Å². The second kappa shape index (κ2) is 10.1. The highest BCUT2D eigenvalue weighted by molar-refractivity contribution is 5.78. The van der Waals surface area contributed by atoms with Crippen molar-refractivity contribution in [3.63, 3.8) is 0 Å². The van der Waals surface area contributed by atoms with E-state index in [-0.39, 0.29) is 17.9 Å². The van der Waals surface area contributed by atoms with Gasteiger partial charge in [0.15, 0.2) is 0 Å². The van der Waals surface area contributed by atoms with Crippen LogP contribution < -0.4 is 16.0 Å². The molecule has 0 fully saturated rings. The Morgan fingerprint density at radius 3 is 2.12 bits per heavy atom. The predicted molar refractivity (Wildman–Crippen MR) is 68.7 cm³/mol. The quantitative estimate of drug-likeness (QED) is 0.549. The maximum atomic E-state index is 11.4. The van der Waals surface area contributed by atoms with Gasteiger partial charge in [0.25, 0.3) is 0 Å². The monoisotopic (exact) mass is 243 g/mol. The van der Waals surface area contributed by atoms with E-state index in [4.69, 9.17) is 0 Å². The molecule has 3 N–H and O–H groups in total. The number of hydrogen-bond donors (Lipinski definition) is 3. The Bertz CT molecular complexity index is 232. The van der Waals surface area contributed by atoms with Crippen LogP contribution in [0, 0.1) is 0 Å². The van der Waals surface area contributed by atoms with Gasteiger partial charge < -0.3 is 16.0 Å². The van der Waals surface area contributed by atoms with Crippen molar-refractivity contribution in [1.29, 1.82) is 0 Å². The van der Waals surface area contributed by atoms with Crippen molar-refractivity contribution >= 4 is 11.8 Å². The van der Waals surface area contributed by atoms with Gasteiger partial charge in [0.1, 0.15) is 0 Å². The average molecular weight is 243 g/mol. The summed E-state index contributed by atoms with van der Waals surface area (Å²) in [7, 11) is 0. The van der Waals surface area contributed by atoms with Crippen LogP contribution in [0.3, 0.4) is 0 Å². The van der Waals surface area contributed by atoms with E-state index in [1.807, 2.05) is 20.8 Å². The van der Waals surface area contributed by atoms with E-state index >= 15 is 0 Å². The predicted octanol–water partition coefficient (Wildman–Crippen LogP) is 0.407. The molecule has 5 heteroatoms. The van der Waals surface area contributed by atoms with Crippen LogP contribution in [0.5, 0.6) is 0 Å². The summed E-state index contributed by atoms with van der Waals surface area (Å²) in [5.41, 5.74) is 0. The van der Waals surface area contributed by atoms with Crippen molar-refractivity contribution in [2.75, 3.05) is 19.6 Å². The van der Waals surface area contributed by atoms with Crippen molar-refractivity contribution in [2.24, 2.45) is 0 Å². The fraction of sp³-hybridized carbons (Fsp3) is 0.833. The summed E-state index contributed by atoms with van der Waals surface area (Å²) in [4.78, 5) is 22.5. The Morgan fingerprint density at radius 2 is 1.59 bits per heavy atom. The minimum atomic E-state index is 0.0130. The highest BCUT2D eigenvalue weighted by Gasteiger charge is 2.05. The third kappa shape index (κ3) is 9.81. The van der Waals surface area contributed by atoms with Gasteiger partial charge in [0.05, 0.1) is 0 Å². The lowest BCUT2D eigenvalue weighted by atomic mass is 10.2. The van der Waals surface area contributed by atoms with E-state index in [9.17, 15) is 9.59 Å². The molecule has 0 aliphatic heterocycles. The summed E-state index contributed by atoms with van der Waals surface area (Å²) in [6, 6.07) is 0.285. The lowest BCUT2D eigenvalue weighted by molar-refractivity contribution is -0.122. The summed E-state index contributed by atoms with van der Waals surface area (Å²) >= 11 is 0. The lowest BCUT2D eigenvalue weighted by Crippen LogP contribution is -2.38. The summed E-state index contributed by atoms with van der Waals surface area (Å²) in [5.74, 6) is 0.0281. The molecule has 0 rings (SSSR count). The maximum absolute atomic E-state index is 11.4. The molecule has 0 saturated carbocycles. The first-order chi connectivity index (χ1) is 8.10. The number of rotatable bonds is 9. The average Bonchev–Trinajstić information content (AvgIpc) is 2.27. The van der Waals surface area contributed by atoms with Crippen LogP contribution in [0.2, 0.25) is 0 Å². The number of amides is 2. The molecular weight excluding hydrogens is 218 g/mol. The van der Waals surface area contributed by atoms with E-state index < -0.39 is 0 Å². The van der Waals surface area contributed by atoms with Crippen LogP contribution in [0.4, 0.5) is 0 Å². The largest absolute Gasteiger partial charge is 0.356 e. The van der Waals surface area contributed by atoms with E-state index in [0.29, 0.717) is 32.4 Å². The van der Waals surface area contributed by atoms with Crippen LogP contribution >= 0.6 is 0 Å². The highest BCUT2D eigenvalue weighted by atomic mass is 16.2. The van der Waals surface area contributed by atoms with Gasteiger partial charge in [-0.2, -0.15) is 0 Å². The smallest absolute Gasteiger partial charge is 0.220 e. The highest BCUT2D eigenvalue weighted by Crippen LogP contribution is 1.95. The molecule has 0 aromatic rings. The summed E-state index contributed by atoms with van der Waals surface area (Å²) < 4.78 is 0. The Hall–Kier alpha value is -1.10. The zero-order chi connectivity index (χ0) is 13.1. The van der Waals surface area contributed by atoms with Gasteiger partial charge in [-0.25, -0.2) is 0 Å². The number of likely N-dealkylation sites (N-methyl/N-ethyl adjacent to an activating group) is 1. The number of nitrogens with one attached hydrogen (secondary N) is 3. The van der Waals surface area contributed by atoms with Gasteiger partial charge in [0, 0.05) is 32.0 Å². The molecule has 0 saturated heterocycles. The second-order valence-corrected chi connectivity index (χ2v) is 4.07. The van der Waals surface area contributed by atoms with E-state index in [2.05, 4.69) is 16.0 Å². The second-order valence-electron chi connectivity index (χ2n) is 4.07. The number of hydrogen-bond acceptors (Lipinski definition) is 3. The molecule has 2 amide bonds. The number of carbonyl (C=O) groups excluding carboxylic acids is 2. The topological polar surface area (TPSA) is 70.2 Å². The minimum Gasteiger partial charge on any atom is -0.356 e. The third-order valence-corrected chi connectivity index (χ3v) is 2.34. The maximum Gasteiger partial charge on any atom is 0.220 e. The molecule has 5 nitrogen and oxygen atoms in total. The summed E-state index contributed by atoms with van der Waals surface area (Å²) in [6.07, 6.45) is 1.44. The minimum absolute atomic E-state index is 0.0130. The normalized spacial score (nSPS) is 11.9. The van der Waals surface area contributed by atoms with Crippen molar-refractivity contribution in [3.8, 4) is 0 Å². The van der Waals surface area contributed by atoms with E-state index in [0.717, 1.165) is 6.54 Å². The van der Waals surface area contributed by atoms with Gasteiger partial charge >= 0.3 is 0 Å². The van der Waals surface area contributed by atoms with Gasteiger partial charge in [-0.3, -0.25) is 9.59 Å². The molecule has 0 heterocycles. The van der Waals surface area contributed by atoms with Crippen LogP contribution in [0.1, 0.15) is 40.0 Å². The van der Waals surface area contributed by atoms with Gasteiger partial charge in [0.2, 0.25) is 11.8 Å². The lowest BCUT2D eigenvalue weighted by Gasteiger charge is -2.13. The fourth-order valence-corrected chi connectivity index (χ4v) is 1.47. The first kappa shape index (κ1) is 15.9. The molecule has 0 aliphatic carbocycles. The SMILES string of the molecule is CCNC(=O)CCCC(=O)NC[C@@H](C)NCC. The molecule has 0 aliphatic rings. The molecule has 100 valence electrons. The van der Waals surface area contributed by atoms with E-state index in [1.165, 1.54) is 0 Å². The molecule has 0 unspecified atom stereocenters. The van der Waals surface area contributed by atoms with Gasteiger partial charge in [-0.1, -0.05) is 6.92 Å².